The van der Waals surface area contributed by atoms with Gasteiger partial charge < -0.3 is 0 Å². The van der Waals surface area contributed by atoms with Crippen molar-refractivity contribution >= 4 is 56.7 Å². The van der Waals surface area contributed by atoms with Crippen LogP contribution in [0.1, 0.15) is 0 Å². The first-order chi connectivity index (χ1) is 11.5. The zero-order valence-electron chi connectivity index (χ0n) is 11.2. The Morgan fingerprint density at radius 2 is 1.17 bits per heavy atom. The van der Waals surface area contributed by atoms with Gasteiger partial charge in [-0.25, -0.2) is 0 Å². The van der Waals surface area contributed by atoms with E-state index in [0.717, 1.165) is 45.3 Å². The van der Waals surface area contributed by atoms with E-state index in [4.69, 9.17) is 23.7 Å². The molecule has 10 heteroatoms. The minimum atomic E-state index is -0.371. The third-order valence-electron chi connectivity index (χ3n) is 2.84. The summed E-state index contributed by atoms with van der Waals surface area (Å²) in [4.78, 5) is 31.5. The molecular formula is C14N4O2S4. The van der Waals surface area contributed by atoms with Crippen molar-refractivity contribution in [2.24, 2.45) is 0 Å². The van der Waals surface area contributed by atoms with E-state index in [2.05, 4.69) is 9.69 Å². The molecule has 0 atom stereocenters. The fourth-order valence-electron chi connectivity index (χ4n) is 1.83. The molecule has 0 amide bonds. The lowest BCUT2D eigenvalue weighted by molar-refractivity contribution is 1.45. The quantitative estimate of drug-likeness (QED) is 0.545. The minimum absolute atomic E-state index is 0.135. The van der Waals surface area contributed by atoms with Gasteiger partial charge in [-0.05, 0) is 0 Å². The maximum atomic E-state index is 12.6. The van der Waals surface area contributed by atoms with Crippen molar-refractivity contribution in [2.45, 2.75) is 0 Å². The van der Waals surface area contributed by atoms with Gasteiger partial charge in [-0.2, -0.15) is 20.2 Å². The zero-order chi connectivity index (χ0) is 17.4. The maximum Gasteiger partial charge on any atom is 0.546 e. The van der Waals surface area contributed by atoms with E-state index in [-0.39, 0.29) is 40.4 Å². The number of nitrogens with zero attached hydrogens (tertiary/aromatic N) is 4. The number of nitriles is 2. The van der Waals surface area contributed by atoms with Gasteiger partial charge in [0.2, 0.25) is 10.9 Å². The molecule has 2 aliphatic heterocycles. The summed E-state index contributed by atoms with van der Waals surface area (Å²) in [6.45, 7) is 14.0. The van der Waals surface area contributed by atoms with Crippen molar-refractivity contribution in [1.82, 2.24) is 0 Å². The normalized spacial score (nSPS) is 9.83. The maximum absolute atomic E-state index is 12.6. The van der Waals surface area contributed by atoms with Gasteiger partial charge in [0.05, 0.1) is 18.1 Å². The molecule has 0 spiro atoms. The second kappa shape index (κ2) is 5.98. The topological polar surface area (TPSA) is 90.4 Å². The third-order valence-corrected chi connectivity index (χ3v) is 7.99. The molecular weight excluding hydrogens is 384 g/mol. The van der Waals surface area contributed by atoms with Gasteiger partial charge in [0.25, 0.3) is 0 Å². The molecule has 0 saturated heterocycles. The van der Waals surface area contributed by atoms with E-state index in [0.29, 0.717) is 7.69 Å². The molecule has 1 aliphatic carbocycles. The Hall–Kier alpha value is -2.86. The standard InChI is InChI=1S/C14N4O2S4/c1-17-12(18-2)14-23-10-6(19)8-9(7(20)11(10)24-14)22-13(21-8)5(3-15)4-16. The highest BCUT2D eigenvalue weighted by molar-refractivity contribution is 7.26. The SMILES string of the molecule is [C-]#[N+]C([N+]#[C-])=c1sc2c(=O)c3sc(=C(C#N)C#N)sc=3c(=O)c=2s1. The molecule has 3 aliphatic rings. The molecule has 0 N–H and O–H groups in total. The molecule has 24 heavy (non-hydrogen) atoms. The number of hydrogen-bond acceptors (Lipinski definition) is 8. The largest absolute Gasteiger partial charge is 0.546 e. The number of rotatable bonds is 0. The first-order valence-electron chi connectivity index (χ1n) is 5.88. The van der Waals surface area contributed by atoms with Crippen LogP contribution in [0, 0.1) is 53.9 Å². The summed E-state index contributed by atoms with van der Waals surface area (Å²) in [5, 5.41) is 17.9. The van der Waals surface area contributed by atoms with Crippen molar-refractivity contribution < 1.29 is 0 Å². The molecule has 112 valence electrons. The highest BCUT2D eigenvalue weighted by Crippen LogP contribution is 2.10. The van der Waals surface area contributed by atoms with Crippen molar-refractivity contribution in [3.05, 3.63) is 69.1 Å². The van der Waals surface area contributed by atoms with Crippen LogP contribution in [0.2, 0.25) is 0 Å². The van der Waals surface area contributed by atoms with Crippen LogP contribution in [0.3, 0.4) is 0 Å². The highest BCUT2D eigenvalue weighted by Gasteiger charge is 2.15. The highest BCUT2D eigenvalue weighted by atomic mass is 32.2. The average Bonchev–Trinajstić information content (AvgIpc) is 3.21. The van der Waals surface area contributed by atoms with Crippen molar-refractivity contribution in [2.75, 3.05) is 0 Å². The fraction of sp³-hybridized carbons (Fsp3) is 0. The van der Waals surface area contributed by atoms with E-state index in [1.807, 2.05) is 0 Å². The third kappa shape index (κ3) is 2.23. The second-order valence-electron chi connectivity index (χ2n) is 4.10. The Kier molecular flexibility index (Phi) is 3.99. The first kappa shape index (κ1) is 16.0. The van der Waals surface area contributed by atoms with Crippen LogP contribution < -0.4 is 18.5 Å². The van der Waals surface area contributed by atoms with Crippen LogP contribution >= 0.6 is 45.3 Å². The van der Waals surface area contributed by atoms with Crippen molar-refractivity contribution in [3.8, 4) is 12.1 Å². The lowest BCUT2D eigenvalue weighted by atomic mass is 10.4. The van der Waals surface area contributed by atoms with Crippen LogP contribution in [0.15, 0.2) is 9.59 Å². The van der Waals surface area contributed by atoms with E-state index < -0.39 is 0 Å². The summed E-state index contributed by atoms with van der Waals surface area (Å²) in [6, 6.07) is 3.50. The summed E-state index contributed by atoms with van der Waals surface area (Å²) < 4.78 is 1.45. The molecule has 0 radical (unpaired) electrons. The van der Waals surface area contributed by atoms with E-state index in [9.17, 15) is 9.59 Å². The molecule has 6 nitrogen and oxygen atoms in total. The lowest BCUT2D eigenvalue weighted by Crippen LogP contribution is -2.11. The van der Waals surface area contributed by atoms with Crippen LogP contribution in [-0.2, 0) is 0 Å². The molecule has 0 aromatic carbocycles. The molecule has 0 bridgehead atoms. The van der Waals surface area contributed by atoms with Gasteiger partial charge >= 0.3 is 5.82 Å². The second-order valence-corrected chi connectivity index (χ2v) is 8.70. The molecule has 0 aromatic heterocycles. The molecule has 3 rings (SSSR count). The average molecular weight is 384 g/mol. The van der Waals surface area contributed by atoms with E-state index in [1.165, 1.54) is 0 Å². The number of hydrogen-bond donors (Lipinski definition) is 0. The Bertz CT molecular complexity index is 1320. The summed E-state index contributed by atoms with van der Waals surface area (Å²) in [7, 11) is 0. The fourth-order valence-corrected chi connectivity index (χ4v) is 6.80. The van der Waals surface area contributed by atoms with Crippen LogP contribution in [0.5, 0.6) is 0 Å². The zero-order valence-corrected chi connectivity index (χ0v) is 14.5. The van der Waals surface area contributed by atoms with Crippen LogP contribution in [-0.4, -0.2) is 0 Å². The summed E-state index contributed by atoms with van der Waals surface area (Å²) >= 11 is 3.80. The molecule has 2 heterocycles. The molecule has 0 unspecified atom stereocenters. The first-order valence-corrected chi connectivity index (χ1v) is 9.15. The van der Waals surface area contributed by atoms with Crippen molar-refractivity contribution in [3.63, 3.8) is 0 Å². The van der Waals surface area contributed by atoms with Gasteiger partial charge in [-0.1, -0.05) is 0 Å². The molecule has 0 fully saturated rings. The Balaban J connectivity index is 2.65. The Morgan fingerprint density at radius 1 is 0.792 bits per heavy atom. The van der Waals surface area contributed by atoms with Gasteiger partial charge in [-0.3, -0.25) is 9.59 Å². The molecule has 0 aromatic rings. The smallest absolute Gasteiger partial charge is 0.287 e. The van der Waals surface area contributed by atoms with E-state index in [1.54, 1.807) is 12.1 Å². The van der Waals surface area contributed by atoms with Gasteiger partial charge in [-0.15, -0.1) is 45.3 Å². The molecule has 0 saturated carbocycles. The van der Waals surface area contributed by atoms with Crippen LogP contribution in [0.4, 0.5) is 0 Å². The van der Waals surface area contributed by atoms with Gasteiger partial charge in [0.1, 0.15) is 29.1 Å². The van der Waals surface area contributed by atoms with Gasteiger partial charge in [0.15, 0.2) is 9.42 Å². The van der Waals surface area contributed by atoms with E-state index >= 15 is 0 Å². The monoisotopic (exact) mass is 384 g/mol. The van der Waals surface area contributed by atoms with Gasteiger partial charge in [0, 0.05) is 0 Å². The Labute approximate surface area is 148 Å². The lowest BCUT2D eigenvalue weighted by Gasteiger charge is -1.80. The summed E-state index contributed by atoms with van der Waals surface area (Å²) in [5.41, 5.74) is -0.877. The minimum Gasteiger partial charge on any atom is -0.287 e. The predicted octanol–water partition coefficient (Wildman–Crippen LogP) is 1.20. The predicted molar refractivity (Wildman–Crippen MR) is 91.6 cm³/mol. The Morgan fingerprint density at radius 3 is 1.50 bits per heavy atom. The summed E-state index contributed by atoms with van der Waals surface area (Å²) in [5.74, 6) is -0.169. The van der Waals surface area contributed by atoms with Crippen LogP contribution in [0.25, 0.3) is 21.1 Å². The van der Waals surface area contributed by atoms with Crippen molar-refractivity contribution in [1.29, 1.82) is 10.5 Å². The summed E-state index contributed by atoms with van der Waals surface area (Å²) in [6.07, 6.45) is 0.